The third-order valence-corrected chi connectivity index (χ3v) is 5.64. The Morgan fingerprint density at radius 2 is 1.90 bits per heavy atom. The van der Waals surface area contributed by atoms with Crippen LogP contribution in [0.3, 0.4) is 0 Å². The van der Waals surface area contributed by atoms with Crippen LogP contribution in [0.25, 0.3) is 6.08 Å². The van der Waals surface area contributed by atoms with Crippen LogP contribution in [-0.4, -0.2) is 21.1 Å². The van der Waals surface area contributed by atoms with Crippen LogP contribution in [0, 0.1) is 0 Å². The number of ether oxygens (including phenoxy) is 1. The third-order valence-electron chi connectivity index (χ3n) is 4.47. The van der Waals surface area contributed by atoms with E-state index in [1.165, 1.54) is 18.7 Å². The predicted octanol–water partition coefficient (Wildman–Crippen LogP) is -1.15. The van der Waals surface area contributed by atoms with Crippen LogP contribution in [0.2, 0.25) is 0 Å². The van der Waals surface area contributed by atoms with Crippen molar-refractivity contribution in [2.75, 3.05) is 0 Å². The van der Waals surface area contributed by atoms with Crippen LogP contribution in [-0.2, 0) is 17.8 Å². The minimum atomic E-state index is -0.183. The second kappa shape index (κ2) is 13.2. The van der Waals surface area contributed by atoms with Crippen molar-refractivity contribution in [3.05, 3.63) is 63.6 Å². The van der Waals surface area contributed by atoms with Crippen molar-refractivity contribution >= 4 is 46.1 Å². The number of benzene rings is 2. The first-order valence-electron chi connectivity index (χ1n) is 9.21. The molecule has 1 aliphatic heterocycles. The van der Waals surface area contributed by atoms with Crippen LogP contribution < -0.4 is 69.2 Å². The molecule has 0 spiro atoms. The van der Waals surface area contributed by atoms with Crippen LogP contribution in [0.1, 0.15) is 50.2 Å². The maximum atomic E-state index is 11.7. The summed E-state index contributed by atoms with van der Waals surface area (Å²) >= 11 is 6.23. The zero-order chi connectivity index (χ0) is 21.0. The molecule has 3 rings (SSSR count). The molecule has 2 aromatic rings. The molecule has 1 heterocycles. The quantitative estimate of drug-likeness (QED) is 0.228. The molecule has 0 atom stereocenters. The molecule has 0 saturated carbocycles. The summed E-state index contributed by atoms with van der Waals surface area (Å²) < 4.78 is 6.34. The van der Waals surface area contributed by atoms with E-state index in [2.05, 4.69) is 5.32 Å². The summed E-state index contributed by atoms with van der Waals surface area (Å²) in [5.41, 5.74) is 2.81. The normalized spacial score (nSPS) is 13.9. The van der Waals surface area contributed by atoms with E-state index in [1.807, 2.05) is 37.3 Å². The maximum absolute atomic E-state index is 11.7. The van der Waals surface area contributed by atoms with Crippen LogP contribution in [0.15, 0.2) is 41.3 Å². The van der Waals surface area contributed by atoms with Crippen molar-refractivity contribution in [3.63, 3.8) is 0 Å². The van der Waals surface area contributed by atoms with Gasteiger partial charge in [-0.05, 0) is 48.7 Å². The number of ketones is 1. The van der Waals surface area contributed by atoms with E-state index in [0.717, 1.165) is 23.1 Å². The van der Waals surface area contributed by atoms with Crippen molar-refractivity contribution in [3.8, 4) is 11.5 Å². The van der Waals surface area contributed by atoms with Gasteiger partial charge in [-0.2, -0.15) is 0 Å². The van der Waals surface area contributed by atoms with Crippen molar-refractivity contribution < 1.29 is 81.4 Å². The van der Waals surface area contributed by atoms with E-state index in [4.69, 9.17) is 17.0 Å². The topological polar surface area (TPSA) is 75.6 Å². The molecule has 0 aromatic heterocycles. The summed E-state index contributed by atoms with van der Waals surface area (Å²) in [6, 6.07) is 10.8. The monoisotopic (exact) mass is 475 g/mol. The van der Waals surface area contributed by atoms with E-state index < -0.39 is 0 Å². The number of phenols is 1. The van der Waals surface area contributed by atoms with E-state index in [0.29, 0.717) is 27.0 Å². The molecule has 1 saturated heterocycles. The minimum Gasteiger partial charge on any atom is -1.00 e. The van der Waals surface area contributed by atoms with Gasteiger partial charge in [0, 0.05) is 5.56 Å². The van der Waals surface area contributed by atoms with Gasteiger partial charge in [0.05, 0.1) is 10.5 Å². The first kappa shape index (κ1) is 28.4. The molecule has 1 aliphatic rings. The Hall–Kier alpha value is -0.640. The summed E-state index contributed by atoms with van der Waals surface area (Å²) in [4.78, 5) is 24.0. The van der Waals surface area contributed by atoms with Gasteiger partial charge in [0.1, 0.15) is 22.4 Å². The number of rotatable bonds is 7. The van der Waals surface area contributed by atoms with Gasteiger partial charge in [-0.15, -0.1) is 0 Å². The molecule has 0 aliphatic carbocycles. The average molecular weight is 476 g/mol. The van der Waals surface area contributed by atoms with Crippen molar-refractivity contribution in [1.82, 2.24) is 5.32 Å². The number of nitrogens with one attached hydrogen (secondary N) is 1. The van der Waals surface area contributed by atoms with E-state index in [-0.39, 0.29) is 86.0 Å². The first-order chi connectivity index (χ1) is 13.9. The smallest absolute Gasteiger partial charge is 1.00 e. The average Bonchev–Trinajstić information content (AvgIpc) is 3.00. The predicted molar refractivity (Wildman–Crippen MR) is 121 cm³/mol. The van der Waals surface area contributed by atoms with Crippen molar-refractivity contribution in [2.45, 2.75) is 33.3 Å². The van der Waals surface area contributed by atoms with Gasteiger partial charge in [0.15, 0.2) is 5.78 Å². The second-order valence-corrected chi connectivity index (χ2v) is 8.33. The molecule has 2 N–H and O–H groups in total. The molecular formula is C22H23NNa2O4S2. The Morgan fingerprint density at radius 1 is 1.23 bits per heavy atom. The van der Waals surface area contributed by atoms with E-state index in [9.17, 15) is 14.7 Å². The maximum Gasteiger partial charge on any atom is 1.00 e. The van der Waals surface area contributed by atoms with Gasteiger partial charge in [0.25, 0.3) is 5.91 Å². The fraction of sp³-hybridized carbons (Fsp3) is 0.227. The number of carbonyl (C=O) groups excluding carboxylic acids is 2. The minimum absolute atomic E-state index is 0. The second-order valence-electron chi connectivity index (χ2n) is 6.62. The fourth-order valence-electron chi connectivity index (χ4n) is 3.02. The Balaban J connectivity index is 0. The molecule has 1 amide bonds. The molecule has 0 bridgehead atoms. The summed E-state index contributed by atoms with van der Waals surface area (Å²) in [6.45, 7) is 3.75. The van der Waals surface area contributed by atoms with Gasteiger partial charge in [-0.1, -0.05) is 55.5 Å². The largest absolute Gasteiger partial charge is 1.00 e. The molecular weight excluding hydrogens is 452 g/mol. The number of phenolic OH excluding ortho intramolecular Hbond substituents is 1. The van der Waals surface area contributed by atoms with Crippen molar-refractivity contribution in [2.24, 2.45) is 0 Å². The number of thiocarbonyl (C=S) groups is 1. The van der Waals surface area contributed by atoms with Crippen LogP contribution in [0.5, 0.6) is 11.5 Å². The Bertz CT molecular complexity index is 1020. The Labute approximate surface area is 239 Å². The molecule has 0 unspecified atom stereocenters. The number of Topliss-reactive ketones (excluding diaryl/α,β-unsaturated/α-hetero) is 1. The number of amides is 1. The number of carbonyl (C=O) groups is 2. The van der Waals surface area contributed by atoms with Gasteiger partial charge < -0.3 is 18.0 Å². The van der Waals surface area contributed by atoms with E-state index in [1.54, 1.807) is 12.1 Å². The van der Waals surface area contributed by atoms with Crippen LogP contribution >= 0.6 is 24.0 Å². The van der Waals surface area contributed by atoms with Gasteiger partial charge in [-0.3, -0.25) is 9.59 Å². The number of hydrogen-bond acceptors (Lipinski definition) is 6. The Morgan fingerprint density at radius 3 is 2.45 bits per heavy atom. The zero-order valence-electron chi connectivity index (χ0n) is 20.2. The molecule has 0 radical (unpaired) electrons. The number of hydrogen-bond donors (Lipinski definition) is 2. The SMILES string of the molecule is CCCc1c(COc2ccc(/C=C3\SC(=S)NC3=O)cc2)ccc(C(C)=O)c1O.[H-].[H-].[Na+].[Na+]. The fourth-order valence-corrected chi connectivity index (χ4v) is 4.06. The van der Waals surface area contributed by atoms with E-state index >= 15 is 0 Å². The summed E-state index contributed by atoms with van der Waals surface area (Å²) in [7, 11) is 0. The Kier molecular flexibility index (Phi) is 12.1. The zero-order valence-corrected chi connectivity index (χ0v) is 23.8. The summed E-state index contributed by atoms with van der Waals surface area (Å²) in [6.07, 6.45) is 3.29. The number of thioether (sulfide) groups is 1. The molecule has 1 fully saturated rings. The summed E-state index contributed by atoms with van der Waals surface area (Å²) in [5.74, 6) is 0.376. The van der Waals surface area contributed by atoms with Crippen LogP contribution in [0.4, 0.5) is 0 Å². The third kappa shape index (κ3) is 7.44. The first-order valence-corrected chi connectivity index (χ1v) is 10.4. The molecule has 31 heavy (non-hydrogen) atoms. The molecule has 9 heteroatoms. The van der Waals surface area contributed by atoms with Gasteiger partial charge >= 0.3 is 59.1 Å². The summed E-state index contributed by atoms with van der Waals surface area (Å²) in [5, 5.41) is 13.0. The van der Waals surface area contributed by atoms with Gasteiger partial charge in [-0.25, -0.2) is 0 Å². The van der Waals surface area contributed by atoms with Crippen molar-refractivity contribution in [1.29, 1.82) is 0 Å². The molecule has 2 aromatic carbocycles. The molecule has 154 valence electrons. The number of aromatic hydroxyl groups is 1. The standard InChI is InChI=1S/C22H21NO4S2.2Na.2H/c1-3-4-18-15(7-10-17(13(2)24)20(18)25)12-27-16-8-5-14(6-9-16)11-19-21(26)23-22(28)29-19;;;;/h5-11,25H,3-4,12H2,1-2H3,(H,23,26,28);;;;/q;2*+1;2*-1/b19-11-;;;;. The van der Waals surface area contributed by atoms with Gasteiger partial charge in [0.2, 0.25) is 0 Å². The molecule has 5 nitrogen and oxygen atoms in total.